The second-order valence-corrected chi connectivity index (χ2v) is 5.61. The average molecular weight is 260 g/mol. The number of carbonyl (C=O) groups excluding carboxylic acids is 1. The highest BCUT2D eigenvalue weighted by molar-refractivity contribution is 5.95. The molecule has 0 bridgehead atoms. The standard InChI is InChI=1S/C15H20N2O2/c1-9-8-11(4-5-12(9)16)15(18)17-13-6-7-19-14(13)10-2-3-10/h4-5,8,10,13-14H,2-3,6-7,16H2,1H3,(H,17,18). The number of anilines is 1. The molecule has 4 heteroatoms. The van der Waals surface area contributed by atoms with Gasteiger partial charge in [-0.25, -0.2) is 0 Å². The molecule has 102 valence electrons. The van der Waals surface area contributed by atoms with Crippen LogP contribution in [0.4, 0.5) is 5.69 Å². The Kier molecular flexibility index (Phi) is 3.19. The van der Waals surface area contributed by atoms with E-state index in [0.29, 0.717) is 11.5 Å². The van der Waals surface area contributed by atoms with Crippen LogP contribution in [0.1, 0.15) is 35.2 Å². The molecule has 1 saturated heterocycles. The molecule has 1 aromatic carbocycles. The highest BCUT2D eigenvalue weighted by Crippen LogP contribution is 2.38. The van der Waals surface area contributed by atoms with Crippen molar-refractivity contribution in [1.29, 1.82) is 0 Å². The van der Waals surface area contributed by atoms with Crippen LogP contribution >= 0.6 is 0 Å². The number of hydrogen-bond acceptors (Lipinski definition) is 3. The summed E-state index contributed by atoms with van der Waals surface area (Å²) in [5, 5.41) is 3.11. The first-order chi connectivity index (χ1) is 9.15. The summed E-state index contributed by atoms with van der Waals surface area (Å²) in [5.41, 5.74) is 8.10. The van der Waals surface area contributed by atoms with Crippen LogP contribution in [-0.2, 0) is 4.74 Å². The van der Waals surface area contributed by atoms with Crippen LogP contribution in [0.25, 0.3) is 0 Å². The largest absolute Gasteiger partial charge is 0.399 e. The lowest BCUT2D eigenvalue weighted by molar-refractivity contribution is 0.0729. The fourth-order valence-corrected chi connectivity index (χ4v) is 2.72. The molecule has 1 aliphatic carbocycles. The van der Waals surface area contributed by atoms with E-state index in [1.54, 1.807) is 12.1 Å². The first-order valence-corrected chi connectivity index (χ1v) is 6.94. The van der Waals surface area contributed by atoms with Crippen molar-refractivity contribution in [2.45, 2.75) is 38.3 Å². The minimum atomic E-state index is -0.0238. The fraction of sp³-hybridized carbons (Fsp3) is 0.533. The lowest BCUT2D eigenvalue weighted by Gasteiger charge is -2.19. The van der Waals surface area contributed by atoms with Gasteiger partial charge in [0.25, 0.3) is 5.91 Å². The third kappa shape index (κ3) is 2.59. The molecule has 1 heterocycles. The van der Waals surface area contributed by atoms with Crippen molar-refractivity contribution < 1.29 is 9.53 Å². The van der Waals surface area contributed by atoms with Gasteiger partial charge in [0, 0.05) is 17.9 Å². The molecule has 0 radical (unpaired) electrons. The molecule has 0 aromatic heterocycles. The zero-order chi connectivity index (χ0) is 13.4. The van der Waals surface area contributed by atoms with Gasteiger partial charge in [-0.15, -0.1) is 0 Å². The summed E-state index contributed by atoms with van der Waals surface area (Å²) in [6.07, 6.45) is 3.61. The molecule has 1 saturated carbocycles. The monoisotopic (exact) mass is 260 g/mol. The minimum Gasteiger partial charge on any atom is -0.399 e. The first-order valence-electron chi connectivity index (χ1n) is 6.94. The predicted molar refractivity (Wildman–Crippen MR) is 73.9 cm³/mol. The molecular weight excluding hydrogens is 240 g/mol. The van der Waals surface area contributed by atoms with Crippen molar-refractivity contribution in [3.63, 3.8) is 0 Å². The number of hydrogen-bond donors (Lipinski definition) is 2. The second-order valence-electron chi connectivity index (χ2n) is 5.61. The van der Waals surface area contributed by atoms with Gasteiger partial charge >= 0.3 is 0 Å². The van der Waals surface area contributed by atoms with Crippen molar-refractivity contribution in [2.24, 2.45) is 5.92 Å². The molecule has 1 aromatic rings. The van der Waals surface area contributed by atoms with Crippen molar-refractivity contribution in [3.05, 3.63) is 29.3 Å². The Morgan fingerprint density at radius 1 is 1.37 bits per heavy atom. The van der Waals surface area contributed by atoms with Crippen LogP contribution in [0.5, 0.6) is 0 Å². The number of nitrogens with two attached hydrogens (primary N) is 1. The van der Waals surface area contributed by atoms with Crippen LogP contribution < -0.4 is 11.1 Å². The molecule has 3 rings (SSSR count). The highest BCUT2D eigenvalue weighted by Gasteiger charge is 2.41. The zero-order valence-corrected chi connectivity index (χ0v) is 11.2. The van der Waals surface area contributed by atoms with Gasteiger partial charge in [-0.1, -0.05) is 0 Å². The van der Waals surface area contributed by atoms with Gasteiger partial charge in [0.15, 0.2) is 0 Å². The second kappa shape index (κ2) is 4.85. The Hall–Kier alpha value is -1.55. The Morgan fingerprint density at radius 3 is 2.84 bits per heavy atom. The maximum absolute atomic E-state index is 12.2. The van der Waals surface area contributed by atoms with E-state index in [9.17, 15) is 4.79 Å². The normalized spacial score (nSPS) is 26.4. The van der Waals surface area contributed by atoms with Gasteiger partial charge < -0.3 is 15.8 Å². The predicted octanol–water partition coefficient (Wildman–Crippen LogP) is 1.87. The summed E-state index contributed by atoms with van der Waals surface area (Å²) >= 11 is 0. The number of rotatable bonds is 3. The van der Waals surface area contributed by atoms with E-state index in [2.05, 4.69) is 5.32 Å². The summed E-state index contributed by atoms with van der Waals surface area (Å²) in [5.74, 6) is 0.630. The van der Waals surface area contributed by atoms with E-state index in [4.69, 9.17) is 10.5 Å². The summed E-state index contributed by atoms with van der Waals surface area (Å²) in [7, 11) is 0. The topological polar surface area (TPSA) is 64.3 Å². The number of ether oxygens (including phenoxy) is 1. The van der Waals surface area contributed by atoms with Crippen LogP contribution in [-0.4, -0.2) is 24.7 Å². The lowest BCUT2D eigenvalue weighted by atomic mass is 10.0. The first kappa shape index (κ1) is 12.5. The SMILES string of the molecule is Cc1cc(C(=O)NC2CCOC2C2CC2)ccc1N. The highest BCUT2D eigenvalue weighted by atomic mass is 16.5. The van der Waals surface area contributed by atoms with Gasteiger partial charge in [-0.2, -0.15) is 0 Å². The van der Waals surface area contributed by atoms with Gasteiger partial charge in [0.1, 0.15) is 0 Å². The number of nitrogens with one attached hydrogen (secondary N) is 1. The van der Waals surface area contributed by atoms with Gasteiger partial charge in [-0.05, 0) is 55.9 Å². The molecule has 3 N–H and O–H groups in total. The molecule has 0 spiro atoms. The summed E-state index contributed by atoms with van der Waals surface area (Å²) in [6.45, 7) is 2.67. The molecule has 1 aliphatic heterocycles. The smallest absolute Gasteiger partial charge is 0.251 e. The molecule has 4 nitrogen and oxygen atoms in total. The Balaban J connectivity index is 1.68. The van der Waals surface area contributed by atoms with Crippen molar-refractivity contribution in [1.82, 2.24) is 5.32 Å². The van der Waals surface area contributed by atoms with E-state index >= 15 is 0 Å². The van der Waals surface area contributed by atoms with Crippen LogP contribution in [0.15, 0.2) is 18.2 Å². The molecular formula is C15H20N2O2. The maximum Gasteiger partial charge on any atom is 0.251 e. The van der Waals surface area contributed by atoms with E-state index in [1.165, 1.54) is 12.8 Å². The Bertz CT molecular complexity index is 497. The average Bonchev–Trinajstić information content (AvgIpc) is 3.13. The number of nitrogen functional groups attached to an aromatic ring is 1. The van der Waals surface area contributed by atoms with E-state index in [-0.39, 0.29) is 18.1 Å². The minimum absolute atomic E-state index is 0.0238. The van der Waals surface area contributed by atoms with Crippen LogP contribution in [0.3, 0.4) is 0 Å². The van der Waals surface area contributed by atoms with Crippen LogP contribution in [0.2, 0.25) is 0 Å². The van der Waals surface area contributed by atoms with Crippen molar-refractivity contribution >= 4 is 11.6 Å². The van der Waals surface area contributed by atoms with Crippen molar-refractivity contribution in [2.75, 3.05) is 12.3 Å². The van der Waals surface area contributed by atoms with E-state index in [0.717, 1.165) is 24.3 Å². The third-order valence-electron chi connectivity index (χ3n) is 4.07. The lowest BCUT2D eigenvalue weighted by Crippen LogP contribution is -2.41. The number of carbonyl (C=O) groups is 1. The maximum atomic E-state index is 12.2. The summed E-state index contributed by atoms with van der Waals surface area (Å²) in [4.78, 5) is 12.2. The molecule has 2 aliphatic rings. The molecule has 19 heavy (non-hydrogen) atoms. The van der Waals surface area contributed by atoms with E-state index < -0.39 is 0 Å². The molecule has 2 unspecified atom stereocenters. The fourth-order valence-electron chi connectivity index (χ4n) is 2.72. The number of benzene rings is 1. The molecule has 2 atom stereocenters. The van der Waals surface area contributed by atoms with Gasteiger partial charge in [-0.3, -0.25) is 4.79 Å². The van der Waals surface area contributed by atoms with Crippen LogP contribution in [0, 0.1) is 12.8 Å². The van der Waals surface area contributed by atoms with Gasteiger partial charge in [0.05, 0.1) is 12.1 Å². The van der Waals surface area contributed by atoms with Crippen molar-refractivity contribution in [3.8, 4) is 0 Å². The number of aryl methyl sites for hydroxylation is 1. The Morgan fingerprint density at radius 2 is 2.16 bits per heavy atom. The van der Waals surface area contributed by atoms with Gasteiger partial charge in [0.2, 0.25) is 0 Å². The summed E-state index contributed by atoms with van der Waals surface area (Å²) < 4.78 is 5.73. The molecule has 2 fully saturated rings. The number of amides is 1. The molecule has 1 amide bonds. The summed E-state index contributed by atoms with van der Waals surface area (Å²) in [6, 6.07) is 5.57. The zero-order valence-electron chi connectivity index (χ0n) is 11.2. The Labute approximate surface area is 113 Å². The third-order valence-corrected chi connectivity index (χ3v) is 4.07. The quantitative estimate of drug-likeness (QED) is 0.815. The van der Waals surface area contributed by atoms with E-state index in [1.807, 2.05) is 13.0 Å².